The summed E-state index contributed by atoms with van der Waals surface area (Å²) in [5.41, 5.74) is 0.456. The van der Waals surface area contributed by atoms with Crippen LogP contribution in [-0.2, 0) is 16.0 Å². The maximum Gasteiger partial charge on any atom is 0.166 e. The van der Waals surface area contributed by atoms with Crippen LogP contribution in [0.5, 0.6) is 0 Å². The summed E-state index contributed by atoms with van der Waals surface area (Å²) in [5, 5.41) is 0. The molecule has 0 bridgehead atoms. The van der Waals surface area contributed by atoms with Crippen LogP contribution in [0.2, 0.25) is 0 Å². The van der Waals surface area contributed by atoms with Crippen LogP contribution in [0.3, 0.4) is 0 Å². The van der Waals surface area contributed by atoms with Crippen molar-refractivity contribution in [1.82, 2.24) is 0 Å². The van der Waals surface area contributed by atoms with Crippen molar-refractivity contribution in [2.45, 2.75) is 25.4 Å². The van der Waals surface area contributed by atoms with Gasteiger partial charge in [-0.25, -0.2) is 4.39 Å². The van der Waals surface area contributed by atoms with Gasteiger partial charge < -0.3 is 4.74 Å². The lowest BCUT2D eigenvalue weighted by atomic mass is 10.0. The smallest absolute Gasteiger partial charge is 0.166 e. The van der Waals surface area contributed by atoms with E-state index < -0.39 is 0 Å². The van der Waals surface area contributed by atoms with E-state index >= 15 is 0 Å². The van der Waals surface area contributed by atoms with Crippen LogP contribution in [-0.4, -0.2) is 18.5 Å². The van der Waals surface area contributed by atoms with E-state index in [1.807, 2.05) is 0 Å². The monoisotopic (exact) mass is 208 g/mol. The summed E-state index contributed by atoms with van der Waals surface area (Å²) in [6.07, 6.45) is 1.52. The highest BCUT2D eigenvalue weighted by Crippen LogP contribution is 2.16. The van der Waals surface area contributed by atoms with E-state index in [4.69, 9.17) is 4.74 Å². The molecule has 3 heteroatoms. The van der Waals surface area contributed by atoms with Crippen LogP contribution >= 0.6 is 0 Å². The summed E-state index contributed by atoms with van der Waals surface area (Å²) in [6, 6.07) is 6.37. The molecule has 1 saturated heterocycles. The second-order valence-corrected chi connectivity index (χ2v) is 3.74. The average Bonchev–Trinajstić information content (AvgIpc) is 2.74. The van der Waals surface area contributed by atoms with E-state index in [-0.39, 0.29) is 24.1 Å². The normalized spacial score (nSPS) is 20.5. The van der Waals surface area contributed by atoms with Gasteiger partial charge in [-0.2, -0.15) is 0 Å². The summed E-state index contributed by atoms with van der Waals surface area (Å²) in [4.78, 5) is 11.7. The number of ketones is 1. The van der Waals surface area contributed by atoms with Crippen molar-refractivity contribution in [3.8, 4) is 0 Å². The lowest BCUT2D eigenvalue weighted by Gasteiger charge is -2.08. The zero-order chi connectivity index (χ0) is 10.7. The molecule has 0 radical (unpaired) electrons. The predicted molar refractivity (Wildman–Crippen MR) is 54.1 cm³/mol. The Morgan fingerprint density at radius 1 is 1.47 bits per heavy atom. The van der Waals surface area contributed by atoms with Crippen molar-refractivity contribution in [3.63, 3.8) is 0 Å². The van der Waals surface area contributed by atoms with Crippen molar-refractivity contribution >= 4 is 5.78 Å². The van der Waals surface area contributed by atoms with Gasteiger partial charge in [0.05, 0.1) is 0 Å². The molecule has 1 atom stereocenters. The van der Waals surface area contributed by atoms with Crippen molar-refractivity contribution in [2.24, 2.45) is 0 Å². The number of carbonyl (C=O) groups is 1. The molecular weight excluding hydrogens is 195 g/mol. The van der Waals surface area contributed by atoms with Crippen LogP contribution in [0.25, 0.3) is 0 Å². The summed E-state index contributed by atoms with van der Waals surface area (Å²) in [6.45, 7) is 0.647. The highest BCUT2D eigenvalue weighted by atomic mass is 19.1. The van der Waals surface area contributed by atoms with Crippen LogP contribution in [0.1, 0.15) is 18.4 Å². The number of carbonyl (C=O) groups excluding carboxylic acids is 1. The molecule has 0 amide bonds. The van der Waals surface area contributed by atoms with Gasteiger partial charge in [0.1, 0.15) is 11.9 Å². The van der Waals surface area contributed by atoms with Crippen LogP contribution in [0, 0.1) is 5.82 Å². The van der Waals surface area contributed by atoms with Crippen LogP contribution in [0.4, 0.5) is 4.39 Å². The molecule has 1 aliphatic rings. The van der Waals surface area contributed by atoms with Crippen molar-refractivity contribution < 1.29 is 13.9 Å². The van der Waals surface area contributed by atoms with Gasteiger partial charge >= 0.3 is 0 Å². The van der Waals surface area contributed by atoms with E-state index in [0.717, 1.165) is 12.8 Å². The molecule has 0 spiro atoms. The minimum atomic E-state index is -0.316. The van der Waals surface area contributed by atoms with Gasteiger partial charge in [0.15, 0.2) is 5.78 Å². The molecule has 80 valence electrons. The molecule has 1 aromatic carbocycles. The molecular formula is C12H13FO2. The van der Waals surface area contributed by atoms with Crippen molar-refractivity contribution in [3.05, 3.63) is 35.6 Å². The zero-order valence-electron chi connectivity index (χ0n) is 8.41. The van der Waals surface area contributed by atoms with Crippen LogP contribution < -0.4 is 0 Å². The Balaban J connectivity index is 2.02. The minimum absolute atomic E-state index is 0.0161. The third-order valence-corrected chi connectivity index (χ3v) is 2.61. The number of ether oxygens (including phenoxy) is 1. The number of rotatable bonds is 3. The van der Waals surface area contributed by atoms with Gasteiger partial charge in [-0.05, 0) is 24.5 Å². The van der Waals surface area contributed by atoms with E-state index in [9.17, 15) is 9.18 Å². The zero-order valence-corrected chi connectivity index (χ0v) is 8.41. The van der Waals surface area contributed by atoms with Crippen molar-refractivity contribution in [2.75, 3.05) is 6.61 Å². The molecule has 2 rings (SSSR count). The molecule has 1 fully saturated rings. The second kappa shape index (κ2) is 4.53. The Morgan fingerprint density at radius 2 is 2.27 bits per heavy atom. The molecule has 0 saturated carbocycles. The summed E-state index contributed by atoms with van der Waals surface area (Å²) < 4.78 is 18.5. The van der Waals surface area contributed by atoms with E-state index in [1.165, 1.54) is 6.07 Å². The molecule has 1 heterocycles. The fourth-order valence-corrected chi connectivity index (χ4v) is 1.77. The quantitative estimate of drug-likeness (QED) is 0.760. The highest BCUT2D eigenvalue weighted by Gasteiger charge is 2.23. The predicted octanol–water partition coefficient (Wildman–Crippen LogP) is 2.12. The van der Waals surface area contributed by atoms with E-state index in [1.54, 1.807) is 18.2 Å². The highest BCUT2D eigenvalue weighted by molar-refractivity contribution is 5.85. The maximum atomic E-state index is 13.2. The minimum Gasteiger partial charge on any atom is -0.370 e. The van der Waals surface area contributed by atoms with Gasteiger partial charge in [0, 0.05) is 13.0 Å². The van der Waals surface area contributed by atoms with Gasteiger partial charge in [0.2, 0.25) is 0 Å². The molecule has 1 aliphatic heterocycles. The molecule has 1 unspecified atom stereocenters. The summed E-state index contributed by atoms with van der Waals surface area (Å²) >= 11 is 0. The van der Waals surface area contributed by atoms with Gasteiger partial charge in [-0.3, -0.25) is 4.79 Å². The maximum absolute atomic E-state index is 13.2. The van der Waals surface area contributed by atoms with E-state index in [2.05, 4.69) is 0 Å². The summed E-state index contributed by atoms with van der Waals surface area (Å²) in [7, 11) is 0. The third kappa shape index (κ3) is 2.42. The second-order valence-electron chi connectivity index (χ2n) is 3.74. The Bertz CT molecular complexity index is 356. The lowest BCUT2D eigenvalue weighted by molar-refractivity contribution is -0.127. The Labute approximate surface area is 88.1 Å². The topological polar surface area (TPSA) is 26.3 Å². The Morgan fingerprint density at radius 3 is 2.93 bits per heavy atom. The SMILES string of the molecule is O=C(Cc1ccccc1F)C1CCCO1. The largest absolute Gasteiger partial charge is 0.370 e. The first-order valence-corrected chi connectivity index (χ1v) is 5.15. The lowest BCUT2D eigenvalue weighted by Crippen LogP contribution is -2.21. The number of halogens is 1. The summed E-state index contributed by atoms with van der Waals surface area (Å²) in [5.74, 6) is -0.332. The first-order valence-electron chi connectivity index (χ1n) is 5.15. The van der Waals surface area contributed by atoms with Gasteiger partial charge in [0.25, 0.3) is 0 Å². The first-order chi connectivity index (χ1) is 7.27. The van der Waals surface area contributed by atoms with Gasteiger partial charge in [-0.15, -0.1) is 0 Å². The fraction of sp³-hybridized carbons (Fsp3) is 0.417. The number of hydrogen-bond acceptors (Lipinski definition) is 2. The fourth-order valence-electron chi connectivity index (χ4n) is 1.77. The standard InChI is InChI=1S/C12H13FO2/c13-10-5-2-1-4-9(10)8-11(14)12-6-3-7-15-12/h1-2,4-5,12H,3,6-8H2. The first kappa shape index (κ1) is 10.3. The molecule has 2 nitrogen and oxygen atoms in total. The molecule has 1 aromatic rings. The third-order valence-electron chi connectivity index (χ3n) is 2.61. The average molecular weight is 208 g/mol. The molecule has 15 heavy (non-hydrogen) atoms. The number of Topliss-reactive ketones (excluding diaryl/α,β-unsaturated/α-hetero) is 1. The molecule has 0 aromatic heterocycles. The number of hydrogen-bond donors (Lipinski definition) is 0. The Hall–Kier alpha value is -1.22. The van der Waals surface area contributed by atoms with Gasteiger partial charge in [-0.1, -0.05) is 18.2 Å². The Kier molecular flexibility index (Phi) is 3.11. The van der Waals surface area contributed by atoms with E-state index in [0.29, 0.717) is 12.2 Å². The van der Waals surface area contributed by atoms with Crippen LogP contribution in [0.15, 0.2) is 24.3 Å². The molecule has 0 N–H and O–H groups in total. The molecule has 0 aliphatic carbocycles. The number of benzene rings is 1. The van der Waals surface area contributed by atoms with Crippen molar-refractivity contribution in [1.29, 1.82) is 0 Å².